The molecule has 1 heterocycles. The van der Waals surface area contributed by atoms with Gasteiger partial charge in [-0.05, 0) is 61.3 Å². The van der Waals surface area contributed by atoms with E-state index in [0.29, 0.717) is 22.6 Å². The summed E-state index contributed by atoms with van der Waals surface area (Å²) in [5, 5.41) is 0. The van der Waals surface area contributed by atoms with Crippen LogP contribution in [-0.2, 0) is 0 Å². The van der Waals surface area contributed by atoms with Gasteiger partial charge in [0.15, 0.2) is 0 Å². The van der Waals surface area contributed by atoms with Crippen molar-refractivity contribution in [2.45, 2.75) is 68.4 Å². The van der Waals surface area contributed by atoms with E-state index in [1.165, 1.54) is 50.5 Å². The molecule has 0 bridgehead atoms. The highest BCUT2D eigenvalue weighted by Gasteiger charge is 2.22. The minimum Gasteiger partial charge on any atom is -0.256 e. The maximum Gasteiger partial charge on any atom is 0.288 e. The van der Waals surface area contributed by atoms with Gasteiger partial charge in [-0.25, -0.2) is 0 Å². The maximum absolute atomic E-state index is 12.4. The van der Waals surface area contributed by atoms with E-state index in [1.54, 1.807) is 12.1 Å². The Morgan fingerprint density at radius 3 is 2.35 bits per heavy atom. The molecule has 1 aliphatic rings. The molecule has 1 nitrogen and oxygen atoms in total. The Morgan fingerprint density at radius 2 is 1.77 bits per heavy atom. The Morgan fingerprint density at radius 1 is 1.04 bits per heavy atom. The van der Waals surface area contributed by atoms with E-state index in [1.807, 2.05) is 18.3 Å². The molecule has 0 amide bonds. The molecule has 1 saturated carbocycles. The third-order valence-electron chi connectivity index (χ3n) is 5.45. The van der Waals surface area contributed by atoms with Gasteiger partial charge in [-0.3, -0.25) is 4.98 Å². The van der Waals surface area contributed by atoms with E-state index in [0.717, 1.165) is 17.2 Å². The fourth-order valence-electron chi connectivity index (χ4n) is 3.90. The summed E-state index contributed by atoms with van der Waals surface area (Å²) in [7, 11) is 0. The highest BCUT2D eigenvalue weighted by atomic mass is 32.2. The number of aromatic nitrogens is 1. The summed E-state index contributed by atoms with van der Waals surface area (Å²) in [5.41, 5.74) is 3.21. The summed E-state index contributed by atoms with van der Waals surface area (Å²) in [6.07, 6.45) is 11.3. The molecule has 4 heteroatoms. The molecule has 0 saturated heterocycles. The van der Waals surface area contributed by atoms with Gasteiger partial charge in [0, 0.05) is 16.7 Å². The summed E-state index contributed by atoms with van der Waals surface area (Å²) in [5.74, 6) is -0.822. The molecule has 3 rings (SSSR count). The van der Waals surface area contributed by atoms with Crippen molar-refractivity contribution in [3.05, 3.63) is 48.2 Å². The lowest BCUT2D eigenvalue weighted by molar-refractivity contribution is 0.252. The fraction of sp³-hybridized carbons (Fsp3) is 0.500. The molecule has 0 atom stereocenters. The van der Waals surface area contributed by atoms with Crippen LogP contribution in [0.15, 0.2) is 47.5 Å². The van der Waals surface area contributed by atoms with Crippen LogP contribution in [0.3, 0.4) is 0 Å². The third-order valence-corrected chi connectivity index (χ3v) is 6.17. The lowest BCUT2D eigenvalue weighted by Gasteiger charge is -2.28. The van der Waals surface area contributed by atoms with Crippen molar-refractivity contribution < 1.29 is 8.78 Å². The second kappa shape index (κ2) is 9.50. The molecular formula is C22H27F2NS. The fourth-order valence-corrected chi connectivity index (χ4v) is 4.40. The molecule has 140 valence electrons. The molecule has 0 aliphatic heterocycles. The molecular weight excluding hydrogens is 348 g/mol. The maximum atomic E-state index is 12.4. The highest BCUT2D eigenvalue weighted by Crippen LogP contribution is 2.37. The molecule has 26 heavy (non-hydrogen) atoms. The molecule has 2 aromatic rings. The Balaban J connectivity index is 1.58. The summed E-state index contributed by atoms with van der Waals surface area (Å²) in [4.78, 5) is 5.21. The van der Waals surface area contributed by atoms with Gasteiger partial charge in [0.1, 0.15) is 0 Å². The van der Waals surface area contributed by atoms with Gasteiger partial charge in [-0.15, -0.1) is 0 Å². The number of pyridine rings is 1. The summed E-state index contributed by atoms with van der Waals surface area (Å²) in [6, 6.07) is 11.5. The van der Waals surface area contributed by atoms with Crippen LogP contribution in [-0.4, -0.2) is 10.7 Å². The third kappa shape index (κ3) is 5.29. The van der Waals surface area contributed by atoms with Crippen molar-refractivity contribution in [3.63, 3.8) is 0 Å². The Kier molecular flexibility index (Phi) is 7.07. The molecule has 1 aromatic heterocycles. The summed E-state index contributed by atoms with van der Waals surface area (Å²) in [6.45, 7) is 2.27. The van der Waals surface area contributed by atoms with Crippen molar-refractivity contribution in [2.24, 2.45) is 5.92 Å². The number of nitrogens with zero attached hydrogens (tertiary/aromatic N) is 1. The minimum atomic E-state index is -2.38. The zero-order valence-electron chi connectivity index (χ0n) is 15.3. The van der Waals surface area contributed by atoms with Crippen LogP contribution < -0.4 is 0 Å². The normalized spacial score (nSPS) is 20.5. The molecule has 0 radical (unpaired) electrons. The van der Waals surface area contributed by atoms with Crippen LogP contribution in [0.4, 0.5) is 8.78 Å². The van der Waals surface area contributed by atoms with Gasteiger partial charge in [-0.1, -0.05) is 56.1 Å². The predicted octanol–water partition coefficient (Wildman–Crippen LogP) is 7.53. The highest BCUT2D eigenvalue weighted by molar-refractivity contribution is 7.99. The van der Waals surface area contributed by atoms with Crippen molar-refractivity contribution in [1.82, 2.24) is 4.98 Å². The lowest BCUT2D eigenvalue weighted by Crippen LogP contribution is -2.13. The molecule has 1 aliphatic carbocycles. The van der Waals surface area contributed by atoms with Crippen LogP contribution in [0.5, 0.6) is 0 Å². The van der Waals surface area contributed by atoms with Crippen LogP contribution in [0, 0.1) is 5.92 Å². The van der Waals surface area contributed by atoms with E-state index in [-0.39, 0.29) is 0 Å². The monoisotopic (exact) mass is 375 g/mol. The van der Waals surface area contributed by atoms with Gasteiger partial charge in [0.25, 0.3) is 5.76 Å². The number of benzene rings is 1. The Labute approximate surface area is 159 Å². The number of halogens is 2. The van der Waals surface area contributed by atoms with Crippen molar-refractivity contribution >= 4 is 11.8 Å². The molecule has 1 fully saturated rings. The summed E-state index contributed by atoms with van der Waals surface area (Å²) < 4.78 is 24.8. The van der Waals surface area contributed by atoms with Gasteiger partial charge >= 0.3 is 0 Å². The average molecular weight is 376 g/mol. The number of unbranched alkanes of at least 4 members (excludes halogenated alkanes) is 1. The van der Waals surface area contributed by atoms with Crippen LogP contribution >= 0.6 is 11.8 Å². The van der Waals surface area contributed by atoms with Gasteiger partial charge < -0.3 is 0 Å². The first-order chi connectivity index (χ1) is 12.7. The number of hydrogen-bond donors (Lipinski definition) is 0. The minimum absolute atomic E-state index is 0.575. The van der Waals surface area contributed by atoms with E-state index >= 15 is 0 Å². The van der Waals surface area contributed by atoms with Gasteiger partial charge in [-0.2, -0.15) is 8.78 Å². The second-order valence-electron chi connectivity index (χ2n) is 7.24. The smallest absolute Gasteiger partial charge is 0.256 e. The number of thioether (sulfide) groups is 1. The first-order valence-corrected chi connectivity index (χ1v) is 10.5. The van der Waals surface area contributed by atoms with Crippen LogP contribution in [0.1, 0.15) is 63.4 Å². The van der Waals surface area contributed by atoms with E-state index in [4.69, 9.17) is 0 Å². The van der Waals surface area contributed by atoms with Crippen molar-refractivity contribution in [1.29, 1.82) is 0 Å². The molecule has 0 spiro atoms. The largest absolute Gasteiger partial charge is 0.288 e. The standard InChI is InChI=1S/C22H27F2NS/c1-2-3-4-16-5-7-17(8-6-16)19-11-14-21(25-15-19)18-9-12-20(13-10-18)26-22(23)24/h9-17,22H,2-8H2,1H3. The Hall–Kier alpha value is -1.42. The predicted molar refractivity (Wildman–Crippen MR) is 106 cm³/mol. The van der Waals surface area contributed by atoms with Crippen molar-refractivity contribution in [3.8, 4) is 11.3 Å². The van der Waals surface area contributed by atoms with Gasteiger partial charge in [0.2, 0.25) is 0 Å². The first kappa shape index (κ1) is 19.3. The molecule has 0 unspecified atom stereocenters. The quantitative estimate of drug-likeness (QED) is 0.464. The van der Waals surface area contributed by atoms with E-state index in [2.05, 4.69) is 24.0 Å². The zero-order chi connectivity index (χ0) is 18.4. The van der Waals surface area contributed by atoms with Crippen LogP contribution in [0.25, 0.3) is 11.3 Å². The van der Waals surface area contributed by atoms with E-state index in [9.17, 15) is 8.78 Å². The Bertz CT molecular complexity index is 662. The number of rotatable bonds is 7. The van der Waals surface area contributed by atoms with Gasteiger partial charge in [0.05, 0.1) is 5.69 Å². The SMILES string of the molecule is CCCCC1CCC(c2ccc(-c3ccc(SC(F)F)cc3)nc2)CC1. The summed E-state index contributed by atoms with van der Waals surface area (Å²) >= 11 is 0.575. The second-order valence-corrected chi connectivity index (χ2v) is 8.30. The molecule has 0 N–H and O–H groups in total. The van der Waals surface area contributed by atoms with E-state index < -0.39 is 5.76 Å². The topological polar surface area (TPSA) is 12.9 Å². The first-order valence-electron chi connectivity index (χ1n) is 9.67. The molecule has 1 aromatic carbocycles. The lowest BCUT2D eigenvalue weighted by atomic mass is 9.77. The van der Waals surface area contributed by atoms with Crippen molar-refractivity contribution in [2.75, 3.05) is 0 Å². The average Bonchev–Trinajstić information content (AvgIpc) is 2.67. The zero-order valence-corrected chi connectivity index (χ0v) is 16.2. The van der Waals surface area contributed by atoms with Crippen LogP contribution in [0.2, 0.25) is 0 Å². The number of hydrogen-bond acceptors (Lipinski definition) is 2. The number of alkyl halides is 2.